The van der Waals surface area contributed by atoms with E-state index >= 15 is 0 Å². The van der Waals surface area contributed by atoms with Crippen molar-refractivity contribution in [3.8, 4) is 11.3 Å². The molecule has 5 heteroatoms. The Balaban J connectivity index is 2.43. The summed E-state index contributed by atoms with van der Waals surface area (Å²) in [4.78, 5) is 27.5. The number of nitrogens with zero attached hydrogens (tertiary/aromatic N) is 1. The Labute approximate surface area is 135 Å². The minimum atomic E-state index is -0.962. The second-order valence-electron chi connectivity index (χ2n) is 5.55. The molecule has 0 radical (unpaired) electrons. The topological polar surface area (TPSA) is 79.3 Å². The number of nitrogens with one attached hydrogen (secondary N) is 1. The molecule has 120 valence electrons. The highest BCUT2D eigenvalue weighted by Crippen LogP contribution is 2.24. The number of rotatable bonds is 6. The van der Waals surface area contributed by atoms with Gasteiger partial charge in [0, 0.05) is 18.0 Å². The number of pyridine rings is 1. The first-order valence-electron chi connectivity index (χ1n) is 7.57. The van der Waals surface area contributed by atoms with Gasteiger partial charge in [0.25, 0.3) is 0 Å². The molecular weight excluding hydrogens is 292 g/mol. The number of Topliss-reactive ketones (excluding diaryl/α,β-unsaturated/α-hetero) is 1. The number of ketones is 1. The summed E-state index contributed by atoms with van der Waals surface area (Å²) in [5.41, 5.74) is 2.30. The monoisotopic (exact) mass is 312 g/mol. The number of carbonyl (C=O) groups is 2. The lowest BCUT2D eigenvalue weighted by molar-refractivity contribution is 0.0696. The molecule has 1 aromatic heterocycles. The fraction of sp³-hybridized carbons (Fsp3) is 0.278. The van der Waals surface area contributed by atoms with E-state index in [1.54, 1.807) is 36.4 Å². The van der Waals surface area contributed by atoms with Crippen molar-refractivity contribution in [1.82, 2.24) is 4.98 Å². The summed E-state index contributed by atoms with van der Waals surface area (Å²) in [7, 11) is 0. The zero-order valence-electron chi connectivity index (χ0n) is 13.5. The average Bonchev–Trinajstić information content (AvgIpc) is 2.53. The van der Waals surface area contributed by atoms with Crippen molar-refractivity contribution in [2.75, 3.05) is 5.32 Å². The zero-order chi connectivity index (χ0) is 17.0. The van der Waals surface area contributed by atoms with Crippen LogP contribution >= 0.6 is 0 Å². The average molecular weight is 312 g/mol. The van der Waals surface area contributed by atoms with Crippen molar-refractivity contribution in [3.05, 3.63) is 47.5 Å². The lowest BCUT2D eigenvalue weighted by atomic mass is 10.1. The first-order valence-corrected chi connectivity index (χ1v) is 7.57. The normalized spacial score (nSPS) is 10.6. The molecule has 1 heterocycles. The van der Waals surface area contributed by atoms with Crippen LogP contribution in [0.5, 0.6) is 0 Å². The van der Waals surface area contributed by atoms with E-state index in [-0.39, 0.29) is 17.4 Å². The minimum absolute atomic E-state index is 0.0356. The van der Waals surface area contributed by atoms with Crippen LogP contribution in [0.15, 0.2) is 36.4 Å². The maximum absolute atomic E-state index is 12.0. The number of aromatic carboxylic acids is 1. The smallest absolute Gasteiger partial charge is 0.335 e. The third-order valence-corrected chi connectivity index (χ3v) is 3.37. The van der Waals surface area contributed by atoms with Crippen LogP contribution in [-0.4, -0.2) is 27.9 Å². The molecule has 0 atom stereocenters. The van der Waals surface area contributed by atoms with E-state index < -0.39 is 5.97 Å². The fourth-order valence-corrected chi connectivity index (χ4v) is 2.20. The molecule has 0 aliphatic rings. The second-order valence-corrected chi connectivity index (χ2v) is 5.55. The van der Waals surface area contributed by atoms with Gasteiger partial charge in [-0.1, -0.05) is 19.1 Å². The largest absolute Gasteiger partial charge is 0.478 e. The van der Waals surface area contributed by atoms with E-state index in [1.807, 2.05) is 20.8 Å². The number of anilines is 1. The molecule has 0 saturated heterocycles. The van der Waals surface area contributed by atoms with Crippen LogP contribution in [0.1, 0.15) is 47.9 Å². The summed E-state index contributed by atoms with van der Waals surface area (Å²) in [5.74, 6) is -0.365. The van der Waals surface area contributed by atoms with Crippen molar-refractivity contribution in [1.29, 1.82) is 0 Å². The van der Waals surface area contributed by atoms with Gasteiger partial charge in [-0.15, -0.1) is 0 Å². The molecule has 0 unspecified atom stereocenters. The molecule has 1 aromatic carbocycles. The Morgan fingerprint density at radius 1 is 1.13 bits per heavy atom. The number of carboxylic acid groups (broad SMARTS) is 1. The summed E-state index contributed by atoms with van der Waals surface area (Å²) in [6.07, 6.45) is 0.418. The van der Waals surface area contributed by atoms with Crippen LogP contribution in [0.3, 0.4) is 0 Å². The molecule has 0 aliphatic carbocycles. The summed E-state index contributed by atoms with van der Waals surface area (Å²) in [6, 6.07) is 10.2. The van der Waals surface area contributed by atoms with Gasteiger partial charge in [0.1, 0.15) is 5.82 Å². The molecule has 0 saturated carbocycles. The lowest BCUT2D eigenvalue weighted by Crippen LogP contribution is -2.15. The molecule has 2 rings (SSSR count). The van der Waals surface area contributed by atoms with E-state index in [1.165, 1.54) is 0 Å². The van der Waals surface area contributed by atoms with Crippen LogP contribution < -0.4 is 5.32 Å². The van der Waals surface area contributed by atoms with Gasteiger partial charge in [-0.05, 0) is 38.1 Å². The van der Waals surface area contributed by atoms with Gasteiger partial charge in [-0.25, -0.2) is 9.78 Å². The molecule has 2 aromatic rings. The number of benzene rings is 1. The summed E-state index contributed by atoms with van der Waals surface area (Å²) in [5, 5.41) is 12.2. The predicted molar refractivity (Wildman–Crippen MR) is 90.0 cm³/mol. The molecule has 0 aliphatic heterocycles. The van der Waals surface area contributed by atoms with Gasteiger partial charge >= 0.3 is 5.97 Å². The van der Waals surface area contributed by atoms with Gasteiger partial charge in [-0.2, -0.15) is 0 Å². The van der Waals surface area contributed by atoms with Crippen molar-refractivity contribution < 1.29 is 14.7 Å². The van der Waals surface area contributed by atoms with E-state index in [9.17, 15) is 9.59 Å². The number of hydrogen-bond donors (Lipinski definition) is 2. The zero-order valence-corrected chi connectivity index (χ0v) is 13.5. The molecule has 0 amide bonds. The van der Waals surface area contributed by atoms with Crippen molar-refractivity contribution in [2.45, 2.75) is 33.2 Å². The SMILES string of the molecule is CCC(=O)c1ccc(-c2ccc(C(=O)O)cc2)nc1NC(C)C. The van der Waals surface area contributed by atoms with Crippen LogP contribution in [-0.2, 0) is 0 Å². The van der Waals surface area contributed by atoms with E-state index in [0.717, 1.165) is 5.56 Å². The number of aromatic nitrogens is 1. The van der Waals surface area contributed by atoms with Crippen molar-refractivity contribution in [2.24, 2.45) is 0 Å². The lowest BCUT2D eigenvalue weighted by Gasteiger charge is -2.14. The molecular formula is C18H20N2O3. The Morgan fingerprint density at radius 3 is 2.30 bits per heavy atom. The quantitative estimate of drug-likeness (QED) is 0.792. The third kappa shape index (κ3) is 3.94. The third-order valence-electron chi connectivity index (χ3n) is 3.37. The van der Waals surface area contributed by atoms with E-state index in [0.29, 0.717) is 23.5 Å². The molecule has 23 heavy (non-hydrogen) atoms. The molecule has 2 N–H and O–H groups in total. The first-order chi connectivity index (χ1) is 10.9. The minimum Gasteiger partial charge on any atom is -0.478 e. The van der Waals surface area contributed by atoms with Gasteiger partial charge in [-0.3, -0.25) is 4.79 Å². The highest BCUT2D eigenvalue weighted by Gasteiger charge is 2.14. The molecule has 5 nitrogen and oxygen atoms in total. The van der Waals surface area contributed by atoms with Gasteiger partial charge in [0.2, 0.25) is 0 Å². The van der Waals surface area contributed by atoms with Gasteiger partial charge in [0.05, 0.1) is 16.8 Å². The summed E-state index contributed by atoms with van der Waals surface area (Å²) in [6.45, 7) is 5.78. The van der Waals surface area contributed by atoms with Crippen LogP contribution in [0.25, 0.3) is 11.3 Å². The second kappa shape index (κ2) is 7.05. The standard InChI is InChI=1S/C18H20N2O3/c1-4-16(21)14-9-10-15(20-17(14)19-11(2)3)12-5-7-13(8-6-12)18(22)23/h5-11H,4H2,1-3H3,(H,19,20)(H,22,23). The Bertz CT molecular complexity index is 722. The number of hydrogen-bond acceptors (Lipinski definition) is 4. The van der Waals surface area contributed by atoms with Crippen LogP contribution in [0.4, 0.5) is 5.82 Å². The number of carbonyl (C=O) groups excluding carboxylic acids is 1. The highest BCUT2D eigenvalue weighted by atomic mass is 16.4. The van der Waals surface area contributed by atoms with Crippen molar-refractivity contribution >= 4 is 17.6 Å². The fourth-order valence-electron chi connectivity index (χ4n) is 2.20. The molecule has 0 spiro atoms. The van der Waals surface area contributed by atoms with Crippen molar-refractivity contribution in [3.63, 3.8) is 0 Å². The van der Waals surface area contributed by atoms with E-state index in [2.05, 4.69) is 10.3 Å². The summed E-state index contributed by atoms with van der Waals surface area (Å²) >= 11 is 0. The Morgan fingerprint density at radius 2 is 1.78 bits per heavy atom. The maximum atomic E-state index is 12.0. The Hall–Kier alpha value is -2.69. The van der Waals surface area contributed by atoms with Gasteiger partial charge < -0.3 is 10.4 Å². The van der Waals surface area contributed by atoms with Gasteiger partial charge in [0.15, 0.2) is 5.78 Å². The van der Waals surface area contributed by atoms with E-state index in [4.69, 9.17) is 5.11 Å². The van der Waals surface area contributed by atoms with Crippen LogP contribution in [0.2, 0.25) is 0 Å². The summed E-state index contributed by atoms with van der Waals surface area (Å²) < 4.78 is 0. The predicted octanol–water partition coefficient (Wildman–Crippen LogP) is 3.86. The Kier molecular flexibility index (Phi) is 5.11. The molecule has 0 bridgehead atoms. The first kappa shape index (κ1) is 16.7. The number of carboxylic acids is 1. The van der Waals surface area contributed by atoms with Crippen LogP contribution in [0, 0.1) is 0 Å². The highest BCUT2D eigenvalue weighted by molar-refractivity contribution is 6.00. The maximum Gasteiger partial charge on any atom is 0.335 e. The molecule has 0 fully saturated rings.